The monoisotopic (exact) mass is 252 g/mol. The van der Waals surface area contributed by atoms with E-state index in [1.165, 1.54) is 11.1 Å². The average molecular weight is 252 g/mol. The Hall–Kier alpha value is -1.06. The van der Waals surface area contributed by atoms with E-state index in [0.29, 0.717) is 6.42 Å². The molecule has 0 aromatic heterocycles. The van der Waals surface area contributed by atoms with Gasteiger partial charge in [0.25, 0.3) is 0 Å². The highest BCUT2D eigenvalue weighted by molar-refractivity contribution is 5.41. The van der Waals surface area contributed by atoms with Gasteiger partial charge in [0.1, 0.15) is 5.75 Å². The van der Waals surface area contributed by atoms with Gasteiger partial charge in [-0.3, -0.25) is 0 Å². The molecule has 1 atom stereocenters. The maximum atomic E-state index is 9.38. The number of aliphatic hydroxyl groups is 2. The van der Waals surface area contributed by atoms with Gasteiger partial charge in [-0.25, -0.2) is 0 Å². The van der Waals surface area contributed by atoms with Crippen molar-refractivity contribution in [3.8, 4) is 5.75 Å². The summed E-state index contributed by atoms with van der Waals surface area (Å²) in [4.78, 5) is 0. The largest absolute Gasteiger partial charge is 0.493 e. The molecule has 0 aliphatic rings. The van der Waals surface area contributed by atoms with Crippen molar-refractivity contribution in [2.45, 2.75) is 46.1 Å². The normalized spacial score (nSPS) is 12.5. The second-order valence-corrected chi connectivity index (χ2v) is 4.77. The van der Waals surface area contributed by atoms with E-state index < -0.39 is 6.10 Å². The predicted octanol–water partition coefficient (Wildman–Crippen LogP) is 2.38. The summed E-state index contributed by atoms with van der Waals surface area (Å²) in [6, 6.07) is 4.18. The first-order chi connectivity index (χ1) is 8.58. The van der Waals surface area contributed by atoms with E-state index in [-0.39, 0.29) is 6.61 Å². The van der Waals surface area contributed by atoms with E-state index in [0.717, 1.165) is 30.8 Å². The molecule has 0 aliphatic heterocycles. The minimum atomic E-state index is -0.624. The predicted molar refractivity (Wildman–Crippen MR) is 73.1 cm³/mol. The van der Waals surface area contributed by atoms with Crippen LogP contribution in [0.3, 0.4) is 0 Å². The van der Waals surface area contributed by atoms with Gasteiger partial charge in [0, 0.05) is 0 Å². The van der Waals surface area contributed by atoms with Crippen molar-refractivity contribution < 1.29 is 14.9 Å². The Morgan fingerprint density at radius 2 is 1.94 bits per heavy atom. The molecule has 0 heterocycles. The van der Waals surface area contributed by atoms with Crippen LogP contribution in [0.5, 0.6) is 5.75 Å². The Balaban J connectivity index is 2.73. The molecule has 0 fully saturated rings. The van der Waals surface area contributed by atoms with Crippen molar-refractivity contribution >= 4 is 0 Å². The van der Waals surface area contributed by atoms with Gasteiger partial charge in [0.05, 0.1) is 19.3 Å². The number of ether oxygens (including phenoxy) is 1. The molecule has 1 rings (SSSR count). The van der Waals surface area contributed by atoms with Crippen molar-refractivity contribution in [3.63, 3.8) is 0 Å². The minimum Gasteiger partial charge on any atom is -0.493 e. The van der Waals surface area contributed by atoms with Crippen LogP contribution in [-0.2, 0) is 6.42 Å². The molecule has 3 heteroatoms. The molecule has 0 amide bonds. The summed E-state index contributed by atoms with van der Waals surface area (Å²) in [5.74, 6) is 0.945. The topological polar surface area (TPSA) is 49.7 Å². The minimum absolute atomic E-state index is 0.171. The molecule has 0 saturated carbocycles. The van der Waals surface area contributed by atoms with Crippen LogP contribution in [0.15, 0.2) is 12.1 Å². The molecule has 1 aromatic rings. The lowest BCUT2D eigenvalue weighted by atomic mass is 9.99. The van der Waals surface area contributed by atoms with Gasteiger partial charge in [-0.2, -0.15) is 0 Å². The summed E-state index contributed by atoms with van der Waals surface area (Å²) in [5.41, 5.74) is 3.52. The van der Waals surface area contributed by atoms with E-state index in [9.17, 15) is 5.11 Å². The number of aryl methyl sites for hydroxylation is 3. The van der Waals surface area contributed by atoms with Crippen molar-refractivity contribution in [2.75, 3.05) is 13.2 Å². The summed E-state index contributed by atoms with van der Waals surface area (Å²) in [5, 5.41) is 18.2. The van der Waals surface area contributed by atoms with Crippen LogP contribution in [-0.4, -0.2) is 29.5 Å². The molecule has 18 heavy (non-hydrogen) atoms. The SMILES string of the molecule is CCCOc1cc(C)c(CCC(O)CO)cc1C. The van der Waals surface area contributed by atoms with Gasteiger partial charge >= 0.3 is 0 Å². The van der Waals surface area contributed by atoms with Gasteiger partial charge in [-0.05, 0) is 55.9 Å². The van der Waals surface area contributed by atoms with E-state index in [4.69, 9.17) is 9.84 Å². The summed E-state index contributed by atoms with van der Waals surface area (Å²) < 4.78 is 5.68. The molecule has 0 aliphatic carbocycles. The number of hydrogen-bond acceptors (Lipinski definition) is 3. The van der Waals surface area contributed by atoms with Crippen LogP contribution in [0.4, 0.5) is 0 Å². The fourth-order valence-corrected chi connectivity index (χ4v) is 1.90. The Kier molecular flexibility index (Phi) is 6.16. The van der Waals surface area contributed by atoms with E-state index in [2.05, 4.69) is 26.0 Å². The Morgan fingerprint density at radius 3 is 2.56 bits per heavy atom. The third-order valence-corrected chi connectivity index (χ3v) is 3.05. The zero-order chi connectivity index (χ0) is 13.5. The number of benzene rings is 1. The van der Waals surface area contributed by atoms with Crippen molar-refractivity contribution in [1.29, 1.82) is 0 Å². The molecule has 102 valence electrons. The fraction of sp³-hybridized carbons (Fsp3) is 0.600. The van der Waals surface area contributed by atoms with E-state index >= 15 is 0 Å². The number of rotatable bonds is 7. The van der Waals surface area contributed by atoms with Crippen molar-refractivity contribution in [2.24, 2.45) is 0 Å². The zero-order valence-corrected chi connectivity index (χ0v) is 11.6. The summed E-state index contributed by atoms with van der Waals surface area (Å²) in [6.45, 7) is 6.75. The van der Waals surface area contributed by atoms with Crippen LogP contribution in [0.25, 0.3) is 0 Å². The van der Waals surface area contributed by atoms with Gasteiger partial charge < -0.3 is 14.9 Å². The second-order valence-electron chi connectivity index (χ2n) is 4.77. The van der Waals surface area contributed by atoms with Gasteiger partial charge in [-0.15, -0.1) is 0 Å². The molecular weight excluding hydrogens is 228 g/mol. The van der Waals surface area contributed by atoms with Gasteiger partial charge in [0.15, 0.2) is 0 Å². The smallest absolute Gasteiger partial charge is 0.122 e. The van der Waals surface area contributed by atoms with Crippen LogP contribution in [0.1, 0.15) is 36.5 Å². The highest BCUT2D eigenvalue weighted by atomic mass is 16.5. The quantitative estimate of drug-likeness (QED) is 0.783. The molecule has 0 spiro atoms. The fourth-order valence-electron chi connectivity index (χ4n) is 1.90. The summed E-state index contributed by atoms with van der Waals surface area (Å²) >= 11 is 0. The van der Waals surface area contributed by atoms with E-state index in [1.54, 1.807) is 0 Å². The summed E-state index contributed by atoms with van der Waals surface area (Å²) in [6.07, 6.45) is 1.75. The Bertz CT molecular complexity index is 374. The number of aliphatic hydroxyl groups excluding tert-OH is 2. The molecule has 0 bridgehead atoms. The van der Waals surface area contributed by atoms with Crippen molar-refractivity contribution in [3.05, 3.63) is 28.8 Å². The third kappa shape index (κ3) is 4.31. The molecule has 1 unspecified atom stereocenters. The van der Waals surface area contributed by atoms with Crippen LogP contribution >= 0.6 is 0 Å². The Morgan fingerprint density at radius 1 is 1.22 bits per heavy atom. The number of hydrogen-bond donors (Lipinski definition) is 2. The molecule has 3 nitrogen and oxygen atoms in total. The van der Waals surface area contributed by atoms with Gasteiger partial charge in [-0.1, -0.05) is 13.0 Å². The highest BCUT2D eigenvalue weighted by Gasteiger charge is 2.08. The maximum Gasteiger partial charge on any atom is 0.122 e. The van der Waals surface area contributed by atoms with Crippen LogP contribution in [0.2, 0.25) is 0 Å². The average Bonchev–Trinajstić information content (AvgIpc) is 2.37. The zero-order valence-electron chi connectivity index (χ0n) is 11.6. The molecular formula is C15H24O3. The lowest BCUT2D eigenvalue weighted by Gasteiger charge is -2.14. The lowest BCUT2D eigenvalue weighted by Crippen LogP contribution is -2.13. The maximum absolute atomic E-state index is 9.38. The molecule has 1 aromatic carbocycles. The van der Waals surface area contributed by atoms with Crippen LogP contribution < -0.4 is 4.74 Å². The van der Waals surface area contributed by atoms with Gasteiger partial charge in [0.2, 0.25) is 0 Å². The third-order valence-electron chi connectivity index (χ3n) is 3.05. The highest BCUT2D eigenvalue weighted by Crippen LogP contribution is 2.24. The van der Waals surface area contributed by atoms with Crippen LogP contribution in [0, 0.1) is 13.8 Å². The first kappa shape index (κ1) is 15.0. The lowest BCUT2D eigenvalue weighted by molar-refractivity contribution is 0.0885. The first-order valence-corrected chi connectivity index (χ1v) is 6.60. The first-order valence-electron chi connectivity index (χ1n) is 6.60. The second kappa shape index (κ2) is 7.39. The standard InChI is InChI=1S/C15H24O3/c1-4-7-18-15-9-11(2)13(8-12(15)3)5-6-14(17)10-16/h8-9,14,16-17H,4-7,10H2,1-3H3. The molecule has 2 N–H and O–H groups in total. The molecule has 0 radical (unpaired) electrons. The van der Waals surface area contributed by atoms with E-state index in [1.807, 2.05) is 6.92 Å². The molecule has 0 saturated heterocycles. The van der Waals surface area contributed by atoms with Crippen molar-refractivity contribution in [1.82, 2.24) is 0 Å². The Labute approximate surface area is 109 Å². The summed E-state index contributed by atoms with van der Waals surface area (Å²) in [7, 11) is 0.